The minimum absolute atomic E-state index is 0.0810. The Labute approximate surface area is 146 Å². The molecule has 0 unspecified atom stereocenters. The normalized spacial score (nSPS) is 13.6. The summed E-state index contributed by atoms with van der Waals surface area (Å²) in [5.41, 5.74) is 7.51. The summed E-state index contributed by atoms with van der Waals surface area (Å²) in [4.78, 5) is 12.1. The lowest BCUT2D eigenvalue weighted by molar-refractivity contribution is -0.118. The van der Waals surface area contributed by atoms with Gasteiger partial charge >= 0.3 is 0 Å². The smallest absolute Gasteiger partial charge is 0.241 e. The maximum atomic E-state index is 12.1. The number of ether oxygens (including phenoxy) is 3. The third-order valence-electron chi connectivity index (χ3n) is 3.97. The summed E-state index contributed by atoms with van der Waals surface area (Å²) < 4.78 is 16.4. The molecule has 2 aromatic carbocycles. The Morgan fingerprint density at radius 1 is 1.20 bits per heavy atom. The summed E-state index contributed by atoms with van der Waals surface area (Å²) in [5, 5.41) is 2.84. The fraction of sp³-hybridized carbons (Fsp3) is 0.316. The molecule has 1 aliphatic rings. The summed E-state index contributed by atoms with van der Waals surface area (Å²) in [6.07, 6.45) is 0. The Morgan fingerprint density at radius 2 is 2.00 bits per heavy atom. The molecule has 3 N–H and O–H groups in total. The summed E-state index contributed by atoms with van der Waals surface area (Å²) in [7, 11) is 0. The Morgan fingerprint density at radius 3 is 2.80 bits per heavy atom. The molecular formula is C19H22N2O4. The molecule has 0 bridgehead atoms. The van der Waals surface area contributed by atoms with Crippen molar-refractivity contribution in [2.24, 2.45) is 11.7 Å². The van der Waals surface area contributed by atoms with Crippen molar-refractivity contribution in [3.8, 4) is 17.2 Å². The van der Waals surface area contributed by atoms with E-state index in [2.05, 4.69) is 5.32 Å². The van der Waals surface area contributed by atoms with Crippen LogP contribution >= 0.6 is 0 Å². The molecule has 2 aromatic rings. The molecule has 0 aromatic heterocycles. The fourth-order valence-corrected chi connectivity index (χ4v) is 2.40. The monoisotopic (exact) mass is 342 g/mol. The maximum Gasteiger partial charge on any atom is 0.241 e. The zero-order valence-electron chi connectivity index (χ0n) is 14.3. The second-order valence-electron chi connectivity index (χ2n) is 6.26. The van der Waals surface area contributed by atoms with Gasteiger partial charge in [0.1, 0.15) is 12.4 Å². The van der Waals surface area contributed by atoms with Gasteiger partial charge in [-0.2, -0.15) is 0 Å². The number of amides is 1. The van der Waals surface area contributed by atoms with Crippen molar-refractivity contribution in [3.05, 3.63) is 48.0 Å². The van der Waals surface area contributed by atoms with Crippen LogP contribution in [0.5, 0.6) is 17.2 Å². The van der Waals surface area contributed by atoms with Crippen molar-refractivity contribution in [2.45, 2.75) is 26.5 Å². The van der Waals surface area contributed by atoms with Crippen LogP contribution in [0.3, 0.4) is 0 Å². The molecule has 1 heterocycles. The number of hydrogen-bond acceptors (Lipinski definition) is 5. The van der Waals surface area contributed by atoms with E-state index < -0.39 is 6.04 Å². The lowest BCUT2D eigenvalue weighted by Gasteiger charge is -2.15. The molecule has 0 saturated carbocycles. The van der Waals surface area contributed by atoms with Gasteiger partial charge in [0, 0.05) is 11.8 Å². The number of rotatable bonds is 6. The van der Waals surface area contributed by atoms with E-state index in [0.717, 1.165) is 11.3 Å². The third kappa shape index (κ3) is 4.22. The topological polar surface area (TPSA) is 82.8 Å². The van der Waals surface area contributed by atoms with Gasteiger partial charge in [-0.15, -0.1) is 0 Å². The highest BCUT2D eigenvalue weighted by atomic mass is 16.7. The van der Waals surface area contributed by atoms with Crippen LogP contribution in [0.15, 0.2) is 42.5 Å². The van der Waals surface area contributed by atoms with E-state index in [0.29, 0.717) is 23.8 Å². The van der Waals surface area contributed by atoms with Gasteiger partial charge in [0.05, 0.1) is 6.04 Å². The molecule has 0 saturated heterocycles. The van der Waals surface area contributed by atoms with Gasteiger partial charge in [-0.25, -0.2) is 0 Å². The summed E-state index contributed by atoms with van der Waals surface area (Å²) >= 11 is 0. The van der Waals surface area contributed by atoms with Crippen molar-refractivity contribution in [2.75, 3.05) is 12.1 Å². The second-order valence-corrected chi connectivity index (χ2v) is 6.26. The zero-order valence-corrected chi connectivity index (χ0v) is 14.3. The van der Waals surface area contributed by atoms with Crippen molar-refractivity contribution in [3.63, 3.8) is 0 Å². The van der Waals surface area contributed by atoms with Crippen LogP contribution in [0.1, 0.15) is 19.4 Å². The molecule has 1 amide bonds. The Balaban J connectivity index is 1.61. The first kappa shape index (κ1) is 17.1. The van der Waals surface area contributed by atoms with Gasteiger partial charge in [0.2, 0.25) is 12.7 Å². The standard InChI is InChI=1S/C19H22N2O4/c1-12(2)18(20)19(22)21-14-5-3-4-13(8-14)10-23-15-6-7-16-17(9-15)25-11-24-16/h3-9,12,18H,10-11,20H2,1-2H3,(H,21,22)/t18-/m0/s1. The van der Waals surface area contributed by atoms with Crippen LogP contribution in [0.25, 0.3) is 0 Å². The first-order chi connectivity index (χ1) is 12.0. The molecule has 1 atom stereocenters. The number of nitrogens with two attached hydrogens (primary N) is 1. The first-order valence-corrected chi connectivity index (χ1v) is 8.21. The Hall–Kier alpha value is -2.73. The summed E-state index contributed by atoms with van der Waals surface area (Å²) in [6.45, 7) is 4.44. The number of benzene rings is 2. The quantitative estimate of drug-likeness (QED) is 0.843. The minimum Gasteiger partial charge on any atom is -0.489 e. The molecule has 132 valence electrons. The first-order valence-electron chi connectivity index (χ1n) is 8.21. The fourth-order valence-electron chi connectivity index (χ4n) is 2.40. The highest BCUT2D eigenvalue weighted by Gasteiger charge is 2.17. The highest BCUT2D eigenvalue weighted by molar-refractivity contribution is 5.94. The number of fused-ring (bicyclic) bond motifs is 1. The van der Waals surface area contributed by atoms with Crippen LogP contribution < -0.4 is 25.3 Å². The molecular weight excluding hydrogens is 320 g/mol. The van der Waals surface area contributed by atoms with Crippen molar-refractivity contribution < 1.29 is 19.0 Å². The van der Waals surface area contributed by atoms with Crippen LogP contribution in [-0.4, -0.2) is 18.7 Å². The van der Waals surface area contributed by atoms with E-state index in [1.165, 1.54) is 0 Å². The van der Waals surface area contributed by atoms with E-state index in [1.807, 2.05) is 50.2 Å². The lowest BCUT2D eigenvalue weighted by atomic mass is 10.0. The molecule has 0 radical (unpaired) electrons. The van der Waals surface area contributed by atoms with Crippen molar-refractivity contribution in [1.29, 1.82) is 0 Å². The third-order valence-corrected chi connectivity index (χ3v) is 3.97. The molecule has 3 rings (SSSR count). The average Bonchev–Trinajstić information content (AvgIpc) is 3.07. The molecule has 25 heavy (non-hydrogen) atoms. The van der Waals surface area contributed by atoms with Crippen LogP contribution in [0, 0.1) is 5.92 Å². The summed E-state index contributed by atoms with van der Waals surface area (Å²) in [6, 6.07) is 12.4. The van der Waals surface area contributed by atoms with Crippen LogP contribution in [0.4, 0.5) is 5.69 Å². The second kappa shape index (κ2) is 7.44. The molecule has 0 fully saturated rings. The molecule has 1 aliphatic heterocycles. The summed E-state index contributed by atoms with van der Waals surface area (Å²) in [5.74, 6) is 1.99. The number of hydrogen-bond donors (Lipinski definition) is 2. The molecule has 6 heteroatoms. The Bertz CT molecular complexity index is 761. The zero-order chi connectivity index (χ0) is 17.8. The van der Waals surface area contributed by atoms with Gasteiger partial charge in [-0.1, -0.05) is 26.0 Å². The van der Waals surface area contributed by atoms with E-state index in [4.69, 9.17) is 19.9 Å². The van der Waals surface area contributed by atoms with Crippen molar-refractivity contribution in [1.82, 2.24) is 0 Å². The van der Waals surface area contributed by atoms with Crippen molar-refractivity contribution >= 4 is 11.6 Å². The Kier molecular flexibility index (Phi) is 5.09. The van der Waals surface area contributed by atoms with Gasteiger partial charge in [-0.3, -0.25) is 4.79 Å². The lowest BCUT2D eigenvalue weighted by Crippen LogP contribution is -2.39. The SMILES string of the molecule is CC(C)[C@H](N)C(=O)Nc1cccc(COc2ccc3c(c2)OCO3)c1. The number of carbonyl (C=O) groups is 1. The van der Waals surface area contributed by atoms with Gasteiger partial charge in [0.25, 0.3) is 0 Å². The number of anilines is 1. The minimum atomic E-state index is -0.534. The predicted octanol–water partition coefficient (Wildman–Crippen LogP) is 2.92. The van der Waals surface area contributed by atoms with Gasteiger partial charge < -0.3 is 25.3 Å². The van der Waals surface area contributed by atoms with Crippen LogP contribution in [-0.2, 0) is 11.4 Å². The van der Waals surface area contributed by atoms with E-state index in [-0.39, 0.29) is 18.6 Å². The highest BCUT2D eigenvalue weighted by Crippen LogP contribution is 2.35. The number of carbonyl (C=O) groups excluding carboxylic acids is 1. The molecule has 0 aliphatic carbocycles. The number of nitrogens with one attached hydrogen (secondary N) is 1. The van der Waals surface area contributed by atoms with E-state index in [1.54, 1.807) is 6.07 Å². The largest absolute Gasteiger partial charge is 0.489 e. The molecule has 6 nitrogen and oxygen atoms in total. The van der Waals surface area contributed by atoms with E-state index >= 15 is 0 Å². The average molecular weight is 342 g/mol. The predicted molar refractivity (Wildman–Crippen MR) is 94.8 cm³/mol. The van der Waals surface area contributed by atoms with Crippen LogP contribution in [0.2, 0.25) is 0 Å². The maximum absolute atomic E-state index is 12.1. The van der Waals surface area contributed by atoms with Gasteiger partial charge in [0.15, 0.2) is 11.5 Å². The van der Waals surface area contributed by atoms with E-state index in [9.17, 15) is 4.79 Å². The van der Waals surface area contributed by atoms with Gasteiger partial charge in [-0.05, 0) is 35.7 Å². The molecule has 0 spiro atoms.